The molecule has 0 aliphatic heterocycles. The lowest BCUT2D eigenvalue weighted by Gasteiger charge is -2.43. The number of hydrogen-bond acceptors (Lipinski definition) is 7. The SMILES string of the molecule is CCC(Oc1ccccc1C(C)C)C(=O)OC1CC(O)C=C2C=CC(C)C(CCC(O)CC(O)CC(=O)O)C21. The summed E-state index contributed by atoms with van der Waals surface area (Å²) in [6.07, 6.45) is 3.06. The van der Waals surface area contributed by atoms with Gasteiger partial charge in [-0.05, 0) is 60.6 Å². The minimum absolute atomic E-state index is 0.0128. The summed E-state index contributed by atoms with van der Waals surface area (Å²) in [5, 5.41) is 39.8. The van der Waals surface area contributed by atoms with E-state index in [9.17, 15) is 24.9 Å². The molecule has 216 valence electrons. The summed E-state index contributed by atoms with van der Waals surface area (Å²) >= 11 is 0. The third-order valence-corrected chi connectivity index (χ3v) is 7.87. The van der Waals surface area contributed by atoms with E-state index >= 15 is 0 Å². The number of carboxylic acid groups (broad SMARTS) is 1. The summed E-state index contributed by atoms with van der Waals surface area (Å²) < 4.78 is 12.2. The van der Waals surface area contributed by atoms with Crippen molar-refractivity contribution >= 4 is 11.9 Å². The van der Waals surface area contributed by atoms with Crippen molar-refractivity contribution in [3.63, 3.8) is 0 Å². The van der Waals surface area contributed by atoms with Crippen molar-refractivity contribution in [2.24, 2.45) is 17.8 Å². The predicted molar refractivity (Wildman–Crippen MR) is 147 cm³/mol. The van der Waals surface area contributed by atoms with E-state index in [1.807, 2.05) is 43.3 Å². The van der Waals surface area contributed by atoms with Crippen molar-refractivity contribution in [1.82, 2.24) is 0 Å². The normalized spacial score (nSPS) is 26.8. The number of para-hydroxylation sites is 1. The molecule has 2 aliphatic carbocycles. The number of allylic oxidation sites excluding steroid dienone is 2. The van der Waals surface area contributed by atoms with Crippen LogP contribution in [0, 0.1) is 17.8 Å². The highest BCUT2D eigenvalue weighted by Crippen LogP contribution is 2.44. The second-order valence-corrected chi connectivity index (χ2v) is 11.3. The Hall–Kier alpha value is -2.68. The highest BCUT2D eigenvalue weighted by Gasteiger charge is 2.42. The van der Waals surface area contributed by atoms with Gasteiger partial charge in [0.25, 0.3) is 0 Å². The van der Waals surface area contributed by atoms with Crippen molar-refractivity contribution < 1.29 is 39.5 Å². The van der Waals surface area contributed by atoms with Crippen molar-refractivity contribution in [2.75, 3.05) is 0 Å². The van der Waals surface area contributed by atoms with E-state index < -0.39 is 48.9 Å². The molecule has 0 saturated carbocycles. The highest BCUT2D eigenvalue weighted by atomic mass is 16.6. The summed E-state index contributed by atoms with van der Waals surface area (Å²) in [6.45, 7) is 8.09. The van der Waals surface area contributed by atoms with E-state index in [1.165, 1.54) is 0 Å². The van der Waals surface area contributed by atoms with E-state index in [0.29, 0.717) is 25.0 Å². The number of carbonyl (C=O) groups excluding carboxylic acids is 1. The van der Waals surface area contributed by atoms with Crippen LogP contribution in [0.25, 0.3) is 0 Å². The first-order chi connectivity index (χ1) is 18.5. The van der Waals surface area contributed by atoms with Crippen LogP contribution < -0.4 is 4.74 Å². The Bertz CT molecular complexity index is 1030. The minimum atomic E-state index is -1.11. The lowest BCUT2D eigenvalue weighted by atomic mass is 9.66. The number of benzene rings is 1. The van der Waals surface area contributed by atoms with Crippen LogP contribution in [-0.2, 0) is 14.3 Å². The van der Waals surface area contributed by atoms with Crippen molar-refractivity contribution in [3.8, 4) is 5.75 Å². The van der Waals surface area contributed by atoms with E-state index in [0.717, 1.165) is 11.1 Å². The van der Waals surface area contributed by atoms with Gasteiger partial charge in [-0.2, -0.15) is 0 Å². The molecule has 0 amide bonds. The molecule has 3 rings (SSSR count). The van der Waals surface area contributed by atoms with Crippen molar-refractivity contribution in [1.29, 1.82) is 0 Å². The van der Waals surface area contributed by atoms with E-state index in [2.05, 4.69) is 26.8 Å². The molecule has 0 fully saturated rings. The van der Waals surface area contributed by atoms with Gasteiger partial charge < -0.3 is 29.9 Å². The number of rotatable bonds is 13. The number of carboxylic acids is 1. The molecule has 0 heterocycles. The summed E-state index contributed by atoms with van der Waals surface area (Å²) in [6, 6.07) is 7.67. The predicted octanol–water partition coefficient (Wildman–Crippen LogP) is 4.38. The smallest absolute Gasteiger partial charge is 0.347 e. The summed E-state index contributed by atoms with van der Waals surface area (Å²) in [5.74, 6) is -0.680. The second-order valence-electron chi connectivity index (χ2n) is 11.3. The molecular weight excluding hydrogens is 500 g/mol. The topological polar surface area (TPSA) is 134 Å². The Morgan fingerprint density at radius 1 is 1.13 bits per heavy atom. The first kappa shape index (κ1) is 30.9. The molecule has 0 aromatic heterocycles. The highest BCUT2D eigenvalue weighted by molar-refractivity contribution is 5.75. The fourth-order valence-electron chi connectivity index (χ4n) is 5.83. The fraction of sp³-hybridized carbons (Fsp3) is 0.613. The zero-order valence-corrected chi connectivity index (χ0v) is 23.4. The zero-order valence-electron chi connectivity index (χ0n) is 23.4. The molecule has 1 aromatic rings. The zero-order chi connectivity index (χ0) is 28.7. The van der Waals surface area contributed by atoms with Gasteiger partial charge in [0, 0.05) is 12.3 Å². The van der Waals surface area contributed by atoms with Gasteiger partial charge in [-0.25, -0.2) is 4.79 Å². The van der Waals surface area contributed by atoms with E-state index in [-0.39, 0.29) is 36.5 Å². The Labute approximate surface area is 231 Å². The summed E-state index contributed by atoms with van der Waals surface area (Å²) in [5.41, 5.74) is 1.93. The van der Waals surface area contributed by atoms with Crippen LogP contribution in [0.4, 0.5) is 0 Å². The molecule has 2 aliphatic rings. The van der Waals surface area contributed by atoms with E-state index in [4.69, 9.17) is 14.6 Å². The number of carbonyl (C=O) groups is 2. The largest absolute Gasteiger partial charge is 0.481 e. The minimum Gasteiger partial charge on any atom is -0.481 e. The molecule has 8 unspecified atom stereocenters. The number of hydrogen-bond donors (Lipinski definition) is 4. The fourth-order valence-corrected chi connectivity index (χ4v) is 5.83. The first-order valence-corrected chi connectivity index (χ1v) is 14.1. The number of aliphatic carboxylic acids is 1. The Balaban J connectivity index is 1.73. The first-order valence-electron chi connectivity index (χ1n) is 14.1. The monoisotopic (exact) mass is 544 g/mol. The molecule has 4 N–H and O–H groups in total. The maximum absolute atomic E-state index is 13.4. The molecule has 0 spiro atoms. The van der Waals surface area contributed by atoms with Gasteiger partial charge in [0.05, 0.1) is 24.7 Å². The van der Waals surface area contributed by atoms with Gasteiger partial charge in [0.15, 0.2) is 6.10 Å². The van der Waals surface area contributed by atoms with Crippen LogP contribution in [0.2, 0.25) is 0 Å². The molecule has 1 aromatic carbocycles. The molecule has 8 heteroatoms. The Morgan fingerprint density at radius 3 is 2.51 bits per heavy atom. The molecule has 39 heavy (non-hydrogen) atoms. The lowest BCUT2D eigenvalue weighted by molar-refractivity contribution is -0.163. The number of aliphatic hydroxyl groups excluding tert-OH is 3. The lowest BCUT2D eigenvalue weighted by Crippen LogP contribution is -2.44. The quantitative estimate of drug-likeness (QED) is 0.269. The maximum atomic E-state index is 13.4. The Kier molecular flexibility index (Phi) is 11.2. The van der Waals surface area contributed by atoms with Crippen LogP contribution in [0.15, 0.2) is 48.1 Å². The van der Waals surface area contributed by atoms with Crippen molar-refractivity contribution in [2.45, 2.75) is 103 Å². The van der Waals surface area contributed by atoms with Gasteiger partial charge >= 0.3 is 11.9 Å². The van der Waals surface area contributed by atoms with E-state index in [1.54, 1.807) is 0 Å². The molecular formula is C31H44O8. The Morgan fingerprint density at radius 2 is 1.85 bits per heavy atom. The molecule has 8 atom stereocenters. The summed E-state index contributed by atoms with van der Waals surface area (Å²) in [7, 11) is 0. The average molecular weight is 545 g/mol. The van der Waals surface area contributed by atoms with Crippen LogP contribution >= 0.6 is 0 Å². The third kappa shape index (κ3) is 8.40. The molecule has 0 bridgehead atoms. The van der Waals surface area contributed by atoms with Crippen molar-refractivity contribution in [3.05, 3.63) is 53.6 Å². The molecule has 0 radical (unpaired) electrons. The van der Waals surface area contributed by atoms with Gasteiger partial charge in [-0.3, -0.25) is 4.79 Å². The van der Waals surface area contributed by atoms with Gasteiger partial charge in [0.1, 0.15) is 11.9 Å². The maximum Gasteiger partial charge on any atom is 0.347 e. The van der Waals surface area contributed by atoms with Crippen LogP contribution in [0.5, 0.6) is 5.75 Å². The van der Waals surface area contributed by atoms with Crippen LogP contribution in [-0.4, -0.2) is 62.9 Å². The summed E-state index contributed by atoms with van der Waals surface area (Å²) in [4.78, 5) is 24.2. The standard InChI is InChI=1S/C31H44O8/c1-5-26(38-27-9-7-6-8-24(27)18(2)3)31(37)39-28-16-22(33)14-20-11-10-19(4)25(30(20)28)13-12-21(32)15-23(34)17-29(35)36/h6-11,14,18-19,21-23,25-26,28,30,32-34H,5,12-13,15-17H2,1-4H3,(H,35,36). The van der Waals surface area contributed by atoms with Gasteiger partial charge in [-0.15, -0.1) is 0 Å². The number of aliphatic hydroxyl groups is 3. The van der Waals surface area contributed by atoms with Gasteiger partial charge in [0.2, 0.25) is 0 Å². The molecule has 8 nitrogen and oxygen atoms in total. The van der Waals surface area contributed by atoms with Crippen LogP contribution in [0.1, 0.15) is 77.7 Å². The third-order valence-electron chi connectivity index (χ3n) is 7.87. The average Bonchev–Trinajstić information content (AvgIpc) is 2.86. The second kappa shape index (κ2) is 14.1. The number of esters is 1. The van der Waals surface area contributed by atoms with Gasteiger partial charge in [-0.1, -0.05) is 64.1 Å². The van der Waals surface area contributed by atoms with Crippen LogP contribution in [0.3, 0.4) is 0 Å². The molecule has 0 saturated heterocycles. The number of ether oxygens (including phenoxy) is 2. The number of fused-ring (bicyclic) bond motifs is 1.